The number of hydrogen-bond acceptors (Lipinski definition) is 5. The van der Waals surface area contributed by atoms with E-state index in [0.717, 1.165) is 5.56 Å². The van der Waals surface area contributed by atoms with Crippen molar-refractivity contribution in [2.24, 2.45) is 11.8 Å². The van der Waals surface area contributed by atoms with Crippen molar-refractivity contribution in [2.75, 3.05) is 23.8 Å². The van der Waals surface area contributed by atoms with Crippen molar-refractivity contribution in [3.05, 3.63) is 91.9 Å². The Hall–Kier alpha value is -2.85. The van der Waals surface area contributed by atoms with Crippen molar-refractivity contribution in [1.29, 1.82) is 0 Å². The zero-order valence-corrected chi connectivity index (χ0v) is 26.1. The number of benzene rings is 3. The summed E-state index contributed by atoms with van der Waals surface area (Å²) in [6, 6.07) is 16.7. The summed E-state index contributed by atoms with van der Waals surface area (Å²) in [5.41, 5.74) is -0.643. The first-order valence-electron chi connectivity index (χ1n) is 13.6. The maximum absolute atomic E-state index is 14.4. The van der Waals surface area contributed by atoms with E-state index in [1.165, 1.54) is 24.1 Å². The Labute approximate surface area is 268 Å². The number of carbonyl (C=O) groups is 3. The molecule has 5 atom stereocenters. The second kappa shape index (κ2) is 10.9. The second-order valence-electron chi connectivity index (χ2n) is 11.5. The van der Waals surface area contributed by atoms with E-state index in [9.17, 15) is 19.5 Å². The van der Waals surface area contributed by atoms with Crippen LogP contribution in [0.3, 0.4) is 0 Å². The average Bonchev–Trinajstić information content (AvgIpc) is 3.53. The number of aliphatic carboxylic acids is 1. The third kappa shape index (κ3) is 4.89. The highest BCUT2D eigenvalue weighted by Crippen LogP contribution is 2.61. The molecule has 0 radical (unpaired) electrons. The molecule has 3 aromatic carbocycles. The lowest BCUT2D eigenvalue weighted by molar-refractivity contribution is -0.153. The quantitative estimate of drug-likeness (QED) is 0.313. The number of anilines is 2. The largest absolute Gasteiger partial charge is 0.481 e. The number of halogens is 4. The molecule has 3 aliphatic rings. The van der Waals surface area contributed by atoms with E-state index in [4.69, 9.17) is 51.1 Å². The molecular weight excluding hydrogens is 636 g/mol. The first kappa shape index (κ1) is 30.2. The van der Waals surface area contributed by atoms with Gasteiger partial charge in [-0.25, -0.2) is 0 Å². The van der Waals surface area contributed by atoms with E-state index in [-0.39, 0.29) is 22.3 Å². The zero-order valence-electron chi connectivity index (χ0n) is 23.1. The van der Waals surface area contributed by atoms with E-state index >= 15 is 0 Å². The lowest BCUT2D eigenvalue weighted by Gasteiger charge is -2.37. The van der Waals surface area contributed by atoms with Gasteiger partial charge in [0, 0.05) is 46.0 Å². The number of nitrogens with zero attached hydrogens (tertiary/aromatic N) is 2. The Morgan fingerprint density at radius 3 is 2.35 bits per heavy atom. The van der Waals surface area contributed by atoms with E-state index in [2.05, 4.69) is 5.32 Å². The SMILES string of the molecule is CN(C(=O)[C@@H]1[C@H]2C[C@](C)(OCc3ccccc3)CN2[C@]2(C(=O)Nc3c(Cl)cc(Cl)cc32)[C@@H]1C(=O)O)c1cc(Cl)cc(Cl)c1. The molecule has 3 aromatic rings. The number of rotatable bonds is 6. The van der Waals surface area contributed by atoms with Crippen LogP contribution in [0.25, 0.3) is 0 Å². The van der Waals surface area contributed by atoms with E-state index in [0.29, 0.717) is 34.3 Å². The Morgan fingerprint density at radius 2 is 1.70 bits per heavy atom. The van der Waals surface area contributed by atoms with Crippen LogP contribution in [0.15, 0.2) is 60.7 Å². The van der Waals surface area contributed by atoms with Crippen LogP contribution in [0.1, 0.15) is 24.5 Å². The van der Waals surface area contributed by atoms with Crippen molar-refractivity contribution in [3.63, 3.8) is 0 Å². The third-order valence-electron chi connectivity index (χ3n) is 8.82. The van der Waals surface area contributed by atoms with E-state index in [1.807, 2.05) is 42.2 Å². The lowest BCUT2D eigenvalue weighted by atomic mass is 9.73. The molecule has 0 bridgehead atoms. The summed E-state index contributed by atoms with van der Waals surface area (Å²) in [4.78, 5) is 45.0. The van der Waals surface area contributed by atoms with Gasteiger partial charge < -0.3 is 20.1 Å². The van der Waals surface area contributed by atoms with Crippen molar-refractivity contribution in [3.8, 4) is 0 Å². The molecule has 224 valence electrons. The van der Waals surface area contributed by atoms with E-state index < -0.39 is 46.8 Å². The first-order chi connectivity index (χ1) is 20.4. The fourth-order valence-corrected chi connectivity index (χ4v) is 8.10. The highest BCUT2D eigenvalue weighted by atomic mass is 35.5. The van der Waals surface area contributed by atoms with Gasteiger partial charge in [0.25, 0.3) is 5.91 Å². The number of carbonyl (C=O) groups excluding carboxylic acids is 2. The van der Waals surface area contributed by atoms with Gasteiger partial charge in [0.2, 0.25) is 5.91 Å². The Bertz CT molecular complexity index is 1640. The van der Waals surface area contributed by atoms with Crippen molar-refractivity contribution in [2.45, 2.75) is 37.1 Å². The molecule has 3 heterocycles. The number of carboxylic acid groups (broad SMARTS) is 1. The van der Waals surface area contributed by atoms with Crippen LogP contribution in [-0.2, 0) is 31.3 Å². The molecule has 0 saturated carbocycles. The van der Waals surface area contributed by atoms with E-state index in [1.54, 1.807) is 18.2 Å². The zero-order chi connectivity index (χ0) is 30.8. The fraction of sp³-hybridized carbons (Fsp3) is 0.323. The van der Waals surface area contributed by atoms with Gasteiger partial charge in [-0.3, -0.25) is 19.3 Å². The molecule has 2 fully saturated rings. The van der Waals surface area contributed by atoms with Crippen molar-refractivity contribution < 1.29 is 24.2 Å². The molecule has 3 aliphatic heterocycles. The molecule has 2 saturated heterocycles. The van der Waals surface area contributed by atoms with Gasteiger partial charge in [0.05, 0.1) is 28.8 Å². The monoisotopic (exact) mass is 661 g/mol. The topological polar surface area (TPSA) is 99.2 Å². The average molecular weight is 663 g/mol. The van der Waals surface area contributed by atoms with Gasteiger partial charge in [-0.05, 0) is 49.2 Å². The molecule has 0 unspecified atom stereocenters. The molecular formula is C31H27Cl4N3O5. The molecule has 2 N–H and O–H groups in total. The van der Waals surface area contributed by atoms with Gasteiger partial charge in [-0.1, -0.05) is 76.7 Å². The predicted octanol–water partition coefficient (Wildman–Crippen LogP) is 6.49. The highest BCUT2D eigenvalue weighted by Gasteiger charge is 2.74. The standard InChI is InChI=1S/C31H27Cl4N3O5/c1-30(43-14-16-6-4-3-5-7-16)13-23-24(27(39)37(2)20-9-17(32)8-18(33)10-20)25(28(40)41)31(38(23)15-30)21-11-19(34)12-22(35)26(21)36-29(31)42/h3-12,23-25H,13-15H2,1-2H3,(H,36,42)(H,40,41)/t23-,24-,25+,30+,31+/m1/s1. The van der Waals surface area contributed by atoms with Crippen molar-refractivity contribution in [1.82, 2.24) is 4.90 Å². The Balaban J connectivity index is 1.48. The number of carboxylic acids is 1. The number of hydrogen-bond donors (Lipinski definition) is 2. The molecule has 43 heavy (non-hydrogen) atoms. The minimum absolute atomic E-state index is 0.177. The molecule has 2 amide bonds. The number of fused-ring (bicyclic) bond motifs is 4. The van der Waals surface area contributed by atoms with Gasteiger partial charge in [-0.15, -0.1) is 0 Å². The molecule has 0 aliphatic carbocycles. The summed E-state index contributed by atoms with van der Waals surface area (Å²) >= 11 is 25.4. The van der Waals surface area contributed by atoms with Gasteiger partial charge in [0.1, 0.15) is 11.5 Å². The fourth-order valence-electron chi connectivity index (χ4n) is 7.05. The van der Waals surface area contributed by atoms with Gasteiger partial charge >= 0.3 is 5.97 Å². The second-order valence-corrected chi connectivity index (χ2v) is 13.2. The summed E-state index contributed by atoms with van der Waals surface area (Å²) in [6.45, 7) is 2.40. The Morgan fingerprint density at radius 1 is 1.05 bits per heavy atom. The van der Waals surface area contributed by atoms with Crippen molar-refractivity contribution >= 4 is 75.6 Å². The highest BCUT2D eigenvalue weighted by molar-refractivity contribution is 6.38. The third-order valence-corrected chi connectivity index (χ3v) is 9.77. The lowest BCUT2D eigenvalue weighted by Crippen LogP contribution is -2.55. The summed E-state index contributed by atoms with van der Waals surface area (Å²) in [7, 11) is 1.54. The molecule has 1 spiro atoms. The number of amides is 2. The Kier molecular flexibility index (Phi) is 7.68. The number of nitrogens with one attached hydrogen (secondary N) is 1. The molecule has 8 nitrogen and oxygen atoms in total. The van der Waals surface area contributed by atoms with Gasteiger partial charge in [0.15, 0.2) is 0 Å². The van der Waals surface area contributed by atoms with Crippen LogP contribution in [0.5, 0.6) is 0 Å². The summed E-state index contributed by atoms with van der Waals surface area (Å²) in [5, 5.41) is 14.7. The molecule has 12 heteroatoms. The molecule has 6 rings (SSSR count). The maximum atomic E-state index is 14.4. The van der Waals surface area contributed by atoms with Crippen LogP contribution in [0.2, 0.25) is 20.1 Å². The normalized spacial score (nSPS) is 27.7. The predicted molar refractivity (Wildman–Crippen MR) is 166 cm³/mol. The minimum atomic E-state index is -1.78. The summed E-state index contributed by atoms with van der Waals surface area (Å²) in [6.07, 6.45) is 0.294. The summed E-state index contributed by atoms with van der Waals surface area (Å²) < 4.78 is 6.45. The van der Waals surface area contributed by atoms with Crippen LogP contribution in [0, 0.1) is 11.8 Å². The smallest absolute Gasteiger partial charge is 0.310 e. The summed E-state index contributed by atoms with van der Waals surface area (Å²) in [5.74, 6) is -5.01. The van der Waals surface area contributed by atoms with Crippen LogP contribution >= 0.6 is 46.4 Å². The van der Waals surface area contributed by atoms with Crippen LogP contribution in [0.4, 0.5) is 11.4 Å². The van der Waals surface area contributed by atoms with Gasteiger partial charge in [-0.2, -0.15) is 0 Å². The number of ether oxygens (including phenoxy) is 1. The first-order valence-corrected chi connectivity index (χ1v) is 15.1. The van der Waals surface area contributed by atoms with Crippen LogP contribution < -0.4 is 10.2 Å². The molecule has 0 aromatic heterocycles. The van der Waals surface area contributed by atoms with Crippen LogP contribution in [-0.4, -0.2) is 53.0 Å². The maximum Gasteiger partial charge on any atom is 0.310 e. The minimum Gasteiger partial charge on any atom is -0.481 e.